The third-order valence-electron chi connectivity index (χ3n) is 4.05. The maximum atomic E-state index is 12.6. The van der Waals surface area contributed by atoms with Crippen LogP contribution in [0.1, 0.15) is 22.3 Å². The molecular weight excluding hydrogens is 437 g/mol. The van der Waals surface area contributed by atoms with Crippen molar-refractivity contribution in [1.29, 1.82) is 0 Å². The van der Waals surface area contributed by atoms with E-state index in [1.165, 1.54) is 23.9 Å². The van der Waals surface area contributed by atoms with Gasteiger partial charge in [-0.05, 0) is 42.2 Å². The second kappa shape index (κ2) is 11.0. The van der Waals surface area contributed by atoms with Gasteiger partial charge in [0.2, 0.25) is 5.91 Å². The number of hydrogen-bond acceptors (Lipinski definition) is 5. The van der Waals surface area contributed by atoms with Gasteiger partial charge in [0.05, 0.1) is 4.92 Å². The summed E-state index contributed by atoms with van der Waals surface area (Å²) in [7, 11) is 0. The van der Waals surface area contributed by atoms with Gasteiger partial charge in [-0.3, -0.25) is 19.7 Å². The molecule has 0 saturated heterocycles. The van der Waals surface area contributed by atoms with E-state index in [1.807, 2.05) is 12.3 Å². The molecule has 154 valence electrons. The Morgan fingerprint density at radius 2 is 1.90 bits per heavy atom. The number of benzene rings is 2. The van der Waals surface area contributed by atoms with Crippen LogP contribution >= 0.6 is 35.0 Å². The Balaban J connectivity index is 2.10. The molecule has 2 aromatic carbocycles. The molecule has 0 aliphatic rings. The lowest BCUT2D eigenvalue weighted by Gasteiger charge is -2.18. The summed E-state index contributed by atoms with van der Waals surface area (Å²) in [6.45, 7) is 0.219. The molecule has 0 radical (unpaired) electrons. The second-order valence-electron chi connectivity index (χ2n) is 6.04. The number of nitrogens with zero attached hydrogens (tertiary/aromatic N) is 1. The molecule has 7 nitrogen and oxygen atoms in total. The van der Waals surface area contributed by atoms with Gasteiger partial charge in [0.15, 0.2) is 0 Å². The van der Waals surface area contributed by atoms with Crippen molar-refractivity contribution in [3.05, 3.63) is 73.8 Å². The zero-order valence-corrected chi connectivity index (χ0v) is 17.8. The number of amides is 2. The van der Waals surface area contributed by atoms with Gasteiger partial charge in [0, 0.05) is 23.2 Å². The van der Waals surface area contributed by atoms with Crippen LogP contribution in [0.4, 0.5) is 5.69 Å². The van der Waals surface area contributed by atoms with Crippen molar-refractivity contribution in [3.8, 4) is 0 Å². The van der Waals surface area contributed by atoms with Crippen molar-refractivity contribution in [2.45, 2.75) is 19.0 Å². The molecular formula is C19H19Cl2N3O4S. The number of nitrogens with one attached hydrogen (secondary N) is 2. The Morgan fingerprint density at radius 3 is 2.55 bits per heavy atom. The molecule has 2 rings (SSSR count). The first kappa shape index (κ1) is 23.0. The maximum Gasteiger partial charge on any atom is 0.288 e. The molecule has 2 amide bonds. The number of halogens is 2. The molecule has 0 bridgehead atoms. The summed E-state index contributed by atoms with van der Waals surface area (Å²) in [5.41, 5.74) is 0.433. The van der Waals surface area contributed by atoms with Crippen molar-refractivity contribution >= 4 is 52.5 Å². The molecule has 0 aliphatic heterocycles. The molecule has 0 aromatic heterocycles. The number of carbonyl (C=O) groups excluding carboxylic acids is 2. The Labute approximate surface area is 182 Å². The lowest BCUT2D eigenvalue weighted by atomic mass is 10.1. The number of nitro groups is 1. The van der Waals surface area contributed by atoms with Crippen molar-refractivity contribution in [2.75, 3.05) is 12.0 Å². The number of hydrogen-bond donors (Lipinski definition) is 2. The van der Waals surface area contributed by atoms with Crippen molar-refractivity contribution in [1.82, 2.24) is 10.6 Å². The lowest BCUT2D eigenvalue weighted by Crippen LogP contribution is -2.46. The highest BCUT2D eigenvalue weighted by molar-refractivity contribution is 7.98. The lowest BCUT2D eigenvalue weighted by molar-refractivity contribution is -0.384. The Kier molecular flexibility index (Phi) is 8.75. The van der Waals surface area contributed by atoms with Crippen LogP contribution in [-0.2, 0) is 11.3 Å². The smallest absolute Gasteiger partial charge is 0.288 e. The maximum absolute atomic E-state index is 12.6. The second-order valence-corrected chi connectivity index (χ2v) is 7.84. The van der Waals surface area contributed by atoms with Gasteiger partial charge in [-0.25, -0.2) is 0 Å². The highest BCUT2D eigenvalue weighted by atomic mass is 35.5. The number of nitro benzene ring substituents is 1. The molecule has 1 unspecified atom stereocenters. The van der Waals surface area contributed by atoms with E-state index in [4.69, 9.17) is 23.2 Å². The van der Waals surface area contributed by atoms with E-state index in [9.17, 15) is 19.7 Å². The monoisotopic (exact) mass is 455 g/mol. The van der Waals surface area contributed by atoms with E-state index >= 15 is 0 Å². The van der Waals surface area contributed by atoms with E-state index in [0.29, 0.717) is 17.2 Å². The van der Waals surface area contributed by atoms with E-state index in [0.717, 1.165) is 11.6 Å². The normalized spacial score (nSPS) is 11.6. The van der Waals surface area contributed by atoms with Crippen LogP contribution < -0.4 is 10.6 Å². The summed E-state index contributed by atoms with van der Waals surface area (Å²) in [4.78, 5) is 35.5. The van der Waals surface area contributed by atoms with Crippen molar-refractivity contribution in [2.24, 2.45) is 0 Å². The molecule has 2 N–H and O–H groups in total. The average Bonchev–Trinajstić information content (AvgIpc) is 2.70. The Hall–Kier alpha value is -2.29. The number of thioether (sulfide) groups is 1. The van der Waals surface area contributed by atoms with Crippen LogP contribution in [0.25, 0.3) is 0 Å². The van der Waals surface area contributed by atoms with Crippen LogP contribution in [0, 0.1) is 10.1 Å². The van der Waals surface area contributed by atoms with E-state index < -0.39 is 16.9 Å². The first-order chi connectivity index (χ1) is 13.8. The van der Waals surface area contributed by atoms with Crippen LogP contribution in [0.5, 0.6) is 0 Å². The summed E-state index contributed by atoms with van der Waals surface area (Å²) >= 11 is 13.4. The highest BCUT2D eigenvalue weighted by Gasteiger charge is 2.23. The van der Waals surface area contributed by atoms with Gasteiger partial charge in [-0.2, -0.15) is 11.8 Å². The van der Waals surface area contributed by atoms with Gasteiger partial charge in [-0.15, -0.1) is 0 Å². The summed E-state index contributed by atoms with van der Waals surface area (Å²) in [5, 5.41) is 16.9. The van der Waals surface area contributed by atoms with Gasteiger partial charge in [-0.1, -0.05) is 41.4 Å². The first-order valence-electron chi connectivity index (χ1n) is 8.58. The summed E-state index contributed by atoms with van der Waals surface area (Å²) < 4.78 is 0. The number of carbonyl (C=O) groups is 2. The Bertz CT molecular complexity index is 911. The van der Waals surface area contributed by atoms with E-state index in [2.05, 4.69) is 10.6 Å². The van der Waals surface area contributed by atoms with Crippen LogP contribution in [0.15, 0.2) is 42.5 Å². The summed E-state index contributed by atoms with van der Waals surface area (Å²) in [5.74, 6) is -0.315. The largest absolute Gasteiger partial charge is 0.350 e. The van der Waals surface area contributed by atoms with Crippen LogP contribution in [0.3, 0.4) is 0 Å². The van der Waals surface area contributed by atoms with Crippen LogP contribution in [0.2, 0.25) is 10.0 Å². The third-order valence-corrected chi connectivity index (χ3v) is 5.38. The average molecular weight is 456 g/mol. The van der Waals surface area contributed by atoms with Crippen molar-refractivity contribution < 1.29 is 14.5 Å². The van der Waals surface area contributed by atoms with Gasteiger partial charge < -0.3 is 10.6 Å². The first-order valence-corrected chi connectivity index (χ1v) is 10.7. The Morgan fingerprint density at radius 1 is 1.17 bits per heavy atom. The quantitative estimate of drug-likeness (QED) is 0.438. The highest BCUT2D eigenvalue weighted by Crippen LogP contribution is 2.25. The van der Waals surface area contributed by atoms with E-state index in [-0.39, 0.29) is 28.7 Å². The minimum Gasteiger partial charge on any atom is -0.350 e. The van der Waals surface area contributed by atoms with E-state index in [1.54, 1.807) is 18.2 Å². The summed E-state index contributed by atoms with van der Waals surface area (Å²) in [6.07, 6.45) is 2.29. The number of rotatable bonds is 9. The molecule has 0 fully saturated rings. The van der Waals surface area contributed by atoms with Gasteiger partial charge in [0.1, 0.15) is 11.1 Å². The molecule has 10 heteroatoms. The van der Waals surface area contributed by atoms with Crippen molar-refractivity contribution in [3.63, 3.8) is 0 Å². The predicted octanol–water partition coefficient (Wildman–Crippen LogP) is 4.07. The van der Waals surface area contributed by atoms with Gasteiger partial charge >= 0.3 is 0 Å². The molecule has 0 saturated carbocycles. The zero-order valence-electron chi connectivity index (χ0n) is 15.5. The zero-order chi connectivity index (χ0) is 21.4. The molecule has 0 heterocycles. The minimum atomic E-state index is -0.799. The molecule has 0 spiro atoms. The fourth-order valence-electron chi connectivity index (χ4n) is 2.49. The predicted molar refractivity (Wildman–Crippen MR) is 116 cm³/mol. The molecule has 0 aliphatic carbocycles. The van der Waals surface area contributed by atoms with Gasteiger partial charge in [0.25, 0.3) is 11.6 Å². The summed E-state index contributed by atoms with van der Waals surface area (Å²) in [6, 6.07) is 10.1. The molecule has 2 aromatic rings. The third kappa shape index (κ3) is 6.62. The minimum absolute atomic E-state index is 0.0501. The van der Waals surface area contributed by atoms with Crippen LogP contribution in [-0.4, -0.2) is 34.8 Å². The SMILES string of the molecule is CSCCC(NC(=O)c1ccc(Cl)c([N+](=O)[O-])c1)C(=O)NCc1ccccc1Cl. The topological polar surface area (TPSA) is 101 Å². The standard InChI is InChI=1S/C19H19Cl2N3O4S/c1-29-9-8-16(19(26)22-11-13-4-2-3-5-14(13)20)23-18(25)12-6-7-15(21)17(10-12)24(27)28/h2-7,10,16H,8-9,11H2,1H3,(H,22,26)(H,23,25). The molecule has 1 atom stereocenters. The fourth-order valence-corrected chi connectivity index (χ4v) is 3.35. The molecule has 29 heavy (non-hydrogen) atoms. The fraction of sp³-hybridized carbons (Fsp3) is 0.263.